The summed E-state index contributed by atoms with van der Waals surface area (Å²) in [7, 11) is 0. The van der Waals surface area contributed by atoms with Crippen molar-refractivity contribution in [3.05, 3.63) is 0 Å². The van der Waals surface area contributed by atoms with Crippen LogP contribution in [0.2, 0.25) is 0 Å². The van der Waals surface area contributed by atoms with Gasteiger partial charge in [0, 0.05) is 37.8 Å². The quantitative estimate of drug-likeness (QED) is 0.868. The molecule has 0 aromatic carbocycles. The van der Waals surface area contributed by atoms with Gasteiger partial charge >= 0.3 is 6.03 Å². The second kappa shape index (κ2) is 6.99. The number of nitrogens with one attached hydrogen (secondary N) is 1. The highest BCUT2D eigenvalue weighted by Gasteiger charge is 2.38. The highest BCUT2D eigenvalue weighted by atomic mass is 16.2. The lowest BCUT2D eigenvalue weighted by molar-refractivity contribution is 0.114. The number of nitrogens with zero attached hydrogens (tertiary/aromatic N) is 2. The van der Waals surface area contributed by atoms with Gasteiger partial charge in [-0.05, 0) is 44.9 Å². The van der Waals surface area contributed by atoms with Crippen LogP contribution in [0.25, 0.3) is 0 Å². The number of hydrogen-bond donors (Lipinski definition) is 1. The van der Waals surface area contributed by atoms with E-state index in [1.165, 1.54) is 38.5 Å². The molecule has 0 radical (unpaired) electrons. The van der Waals surface area contributed by atoms with Crippen molar-refractivity contribution in [3.63, 3.8) is 0 Å². The number of hydrogen-bond acceptors (Lipinski definition) is 2. The topological polar surface area (TPSA) is 35.6 Å². The number of rotatable bonds is 3. The summed E-state index contributed by atoms with van der Waals surface area (Å²) < 4.78 is 0. The van der Waals surface area contributed by atoms with Crippen molar-refractivity contribution in [3.8, 4) is 0 Å². The Hall–Kier alpha value is -0.770. The number of piperidine rings is 1. The van der Waals surface area contributed by atoms with E-state index in [0.29, 0.717) is 24.2 Å². The van der Waals surface area contributed by atoms with Crippen molar-refractivity contribution in [1.82, 2.24) is 15.1 Å². The average Bonchev–Trinajstić information content (AvgIpc) is 2.72. The maximum absolute atomic E-state index is 13.0. The van der Waals surface area contributed by atoms with E-state index in [4.69, 9.17) is 0 Å². The molecular weight excluding hydrogens is 262 g/mol. The van der Waals surface area contributed by atoms with E-state index in [2.05, 4.69) is 22.0 Å². The standard InChI is InChI=1S/C17H31N3O/c1-2-9-20(16-12-14-7-8-15(13-16)18-14)17(21)19-10-5-3-4-6-11-19/h14-16,18H,2-13H2,1H3. The highest BCUT2D eigenvalue weighted by Crippen LogP contribution is 2.30. The lowest BCUT2D eigenvalue weighted by Gasteiger charge is -2.40. The lowest BCUT2D eigenvalue weighted by Crippen LogP contribution is -2.54. The summed E-state index contributed by atoms with van der Waals surface area (Å²) in [6, 6.07) is 2.11. The molecule has 3 aliphatic heterocycles. The molecule has 2 unspecified atom stereocenters. The summed E-state index contributed by atoms with van der Waals surface area (Å²) in [5.41, 5.74) is 0. The Kier molecular flexibility index (Phi) is 5.04. The maximum Gasteiger partial charge on any atom is 0.320 e. The van der Waals surface area contributed by atoms with E-state index in [9.17, 15) is 4.79 Å². The maximum atomic E-state index is 13.0. The Balaban J connectivity index is 1.66. The molecule has 3 aliphatic rings. The first kappa shape index (κ1) is 15.1. The predicted octanol–water partition coefficient (Wildman–Crippen LogP) is 2.98. The van der Waals surface area contributed by atoms with Crippen LogP contribution in [0.5, 0.6) is 0 Å². The summed E-state index contributed by atoms with van der Waals surface area (Å²) in [6.07, 6.45) is 10.9. The smallest absolute Gasteiger partial charge is 0.320 e. The Morgan fingerprint density at radius 3 is 2.29 bits per heavy atom. The van der Waals surface area contributed by atoms with Crippen molar-refractivity contribution >= 4 is 6.03 Å². The predicted molar refractivity (Wildman–Crippen MR) is 85.4 cm³/mol. The largest absolute Gasteiger partial charge is 0.325 e. The molecule has 2 amide bonds. The zero-order valence-electron chi connectivity index (χ0n) is 13.5. The Bertz CT molecular complexity index is 340. The lowest BCUT2D eigenvalue weighted by atomic mass is 9.98. The number of carbonyl (C=O) groups excluding carboxylic acids is 1. The molecule has 0 saturated carbocycles. The van der Waals surface area contributed by atoms with Gasteiger partial charge in [0.15, 0.2) is 0 Å². The molecule has 0 aromatic heterocycles. The first-order valence-electron chi connectivity index (χ1n) is 9.09. The molecule has 1 N–H and O–H groups in total. The fourth-order valence-electron chi connectivity index (χ4n) is 4.40. The van der Waals surface area contributed by atoms with Crippen LogP contribution in [0.3, 0.4) is 0 Å². The summed E-state index contributed by atoms with van der Waals surface area (Å²) >= 11 is 0. The van der Waals surface area contributed by atoms with Gasteiger partial charge in [0.25, 0.3) is 0 Å². The van der Waals surface area contributed by atoms with Gasteiger partial charge in [-0.1, -0.05) is 19.8 Å². The average molecular weight is 293 g/mol. The molecule has 2 atom stereocenters. The van der Waals surface area contributed by atoms with Crippen LogP contribution in [0.1, 0.15) is 64.7 Å². The van der Waals surface area contributed by atoms with Gasteiger partial charge in [-0.3, -0.25) is 0 Å². The van der Waals surface area contributed by atoms with Crippen LogP contribution in [0, 0.1) is 0 Å². The van der Waals surface area contributed by atoms with E-state index >= 15 is 0 Å². The van der Waals surface area contributed by atoms with Crippen LogP contribution in [-0.2, 0) is 0 Å². The zero-order valence-corrected chi connectivity index (χ0v) is 13.5. The summed E-state index contributed by atoms with van der Waals surface area (Å²) in [5, 5.41) is 3.69. The minimum atomic E-state index is 0.324. The van der Waals surface area contributed by atoms with Crippen LogP contribution >= 0.6 is 0 Å². The molecule has 3 rings (SSSR count). The molecule has 4 nitrogen and oxygen atoms in total. The van der Waals surface area contributed by atoms with Crippen molar-refractivity contribution in [2.24, 2.45) is 0 Å². The van der Waals surface area contributed by atoms with Gasteiger partial charge in [-0.15, -0.1) is 0 Å². The first-order valence-corrected chi connectivity index (χ1v) is 9.09. The van der Waals surface area contributed by atoms with Crippen molar-refractivity contribution in [2.45, 2.75) is 82.8 Å². The number of amides is 2. The molecule has 0 aliphatic carbocycles. The molecule has 4 heteroatoms. The van der Waals surface area contributed by atoms with Crippen molar-refractivity contribution in [2.75, 3.05) is 19.6 Å². The molecule has 2 bridgehead atoms. The number of likely N-dealkylation sites (tertiary alicyclic amines) is 1. The van der Waals surface area contributed by atoms with Crippen molar-refractivity contribution < 1.29 is 4.79 Å². The van der Waals surface area contributed by atoms with Crippen LogP contribution in [0.4, 0.5) is 4.79 Å². The third kappa shape index (κ3) is 3.53. The van der Waals surface area contributed by atoms with Crippen molar-refractivity contribution in [1.29, 1.82) is 0 Å². The summed E-state index contributed by atoms with van der Waals surface area (Å²) in [5.74, 6) is 0. The highest BCUT2D eigenvalue weighted by molar-refractivity contribution is 5.75. The summed E-state index contributed by atoms with van der Waals surface area (Å²) in [6.45, 7) is 5.06. The molecule has 3 saturated heterocycles. The van der Waals surface area contributed by atoms with Crippen LogP contribution < -0.4 is 5.32 Å². The first-order chi connectivity index (χ1) is 10.3. The van der Waals surface area contributed by atoms with Gasteiger partial charge in [-0.25, -0.2) is 4.79 Å². The second-order valence-corrected chi connectivity index (χ2v) is 7.14. The van der Waals surface area contributed by atoms with Gasteiger partial charge in [0.05, 0.1) is 0 Å². The van der Waals surface area contributed by atoms with E-state index in [-0.39, 0.29) is 0 Å². The van der Waals surface area contributed by atoms with Crippen LogP contribution in [-0.4, -0.2) is 53.6 Å². The summed E-state index contributed by atoms with van der Waals surface area (Å²) in [4.78, 5) is 17.4. The normalized spacial score (nSPS) is 32.8. The van der Waals surface area contributed by atoms with Crippen LogP contribution in [0.15, 0.2) is 0 Å². The molecule has 0 spiro atoms. The Morgan fingerprint density at radius 1 is 1.10 bits per heavy atom. The van der Waals surface area contributed by atoms with Gasteiger partial charge in [-0.2, -0.15) is 0 Å². The third-order valence-corrected chi connectivity index (χ3v) is 5.48. The zero-order chi connectivity index (χ0) is 14.7. The van der Waals surface area contributed by atoms with Gasteiger partial charge in [0.1, 0.15) is 0 Å². The van der Waals surface area contributed by atoms with E-state index in [0.717, 1.165) is 38.9 Å². The van der Waals surface area contributed by atoms with E-state index < -0.39 is 0 Å². The number of carbonyl (C=O) groups is 1. The fourth-order valence-corrected chi connectivity index (χ4v) is 4.40. The third-order valence-electron chi connectivity index (χ3n) is 5.48. The Morgan fingerprint density at radius 2 is 1.71 bits per heavy atom. The molecule has 3 fully saturated rings. The van der Waals surface area contributed by atoms with Gasteiger partial charge in [0.2, 0.25) is 0 Å². The molecule has 21 heavy (non-hydrogen) atoms. The molecule has 120 valence electrons. The Labute approximate surface area is 129 Å². The second-order valence-electron chi connectivity index (χ2n) is 7.14. The fraction of sp³-hybridized carbons (Fsp3) is 0.941. The van der Waals surface area contributed by atoms with E-state index in [1.807, 2.05) is 0 Å². The minimum absolute atomic E-state index is 0.324. The molecular formula is C17H31N3O. The molecule has 0 aromatic rings. The SMILES string of the molecule is CCCN(C(=O)N1CCCCCC1)C1CC2CCC(C1)N2. The monoisotopic (exact) mass is 293 g/mol. The van der Waals surface area contributed by atoms with Gasteiger partial charge < -0.3 is 15.1 Å². The molecule has 3 heterocycles. The number of urea groups is 1. The minimum Gasteiger partial charge on any atom is -0.325 e. The van der Waals surface area contributed by atoms with E-state index in [1.54, 1.807) is 0 Å². The number of fused-ring (bicyclic) bond motifs is 2.